The van der Waals surface area contributed by atoms with Gasteiger partial charge in [-0.1, -0.05) is 42.5 Å². The van der Waals surface area contributed by atoms with Crippen LogP contribution in [0.3, 0.4) is 0 Å². The molecule has 182 valence electrons. The van der Waals surface area contributed by atoms with Gasteiger partial charge in [0, 0.05) is 0 Å². The molecule has 0 aromatic heterocycles. The van der Waals surface area contributed by atoms with Gasteiger partial charge in [-0.05, 0) is 49.7 Å². The number of carbonyl (C=O) groups excluding carboxylic acids is 3. The predicted octanol–water partition coefficient (Wildman–Crippen LogP) is 4.38. The van der Waals surface area contributed by atoms with Crippen molar-refractivity contribution in [2.24, 2.45) is 0 Å². The molecule has 0 saturated carbocycles. The molecule has 0 radical (unpaired) electrons. The van der Waals surface area contributed by atoms with Crippen LogP contribution in [0.2, 0.25) is 0 Å². The summed E-state index contributed by atoms with van der Waals surface area (Å²) in [7, 11) is 1.50. The van der Waals surface area contributed by atoms with Gasteiger partial charge in [0.15, 0.2) is 18.1 Å². The van der Waals surface area contributed by atoms with Crippen molar-refractivity contribution in [1.82, 2.24) is 5.32 Å². The van der Waals surface area contributed by atoms with E-state index in [1.165, 1.54) is 19.2 Å². The van der Waals surface area contributed by atoms with Gasteiger partial charge in [-0.2, -0.15) is 0 Å². The Labute approximate surface area is 204 Å². The summed E-state index contributed by atoms with van der Waals surface area (Å²) in [5.41, 5.74) is 1.79. The van der Waals surface area contributed by atoms with Gasteiger partial charge in [-0.25, -0.2) is 4.79 Å². The van der Waals surface area contributed by atoms with Crippen molar-refractivity contribution in [2.45, 2.75) is 19.9 Å². The molecule has 0 aliphatic heterocycles. The van der Waals surface area contributed by atoms with E-state index in [0.717, 1.165) is 5.56 Å². The molecule has 3 aromatic rings. The lowest BCUT2D eigenvalue weighted by molar-refractivity contribution is -0.119. The number of ether oxygens (including phenoxy) is 3. The van der Waals surface area contributed by atoms with Crippen LogP contribution in [0.1, 0.15) is 46.2 Å². The third kappa shape index (κ3) is 6.83. The summed E-state index contributed by atoms with van der Waals surface area (Å²) in [6.45, 7) is 3.57. The molecule has 3 aromatic carbocycles. The summed E-state index contributed by atoms with van der Waals surface area (Å²) < 4.78 is 15.8. The number of anilines is 1. The minimum atomic E-state index is -0.688. The number of para-hydroxylation sites is 1. The highest BCUT2D eigenvalue weighted by Gasteiger charge is 2.18. The molecular formula is C27H28N2O6. The number of nitrogens with one attached hydrogen (secondary N) is 2. The van der Waals surface area contributed by atoms with Crippen molar-refractivity contribution in [1.29, 1.82) is 0 Å². The minimum Gasteiger partial charge on any atom is -0.493 e. The number of hydrogen-bond donors (Lipinski definition) is 2. The number of rotatable bonds is 10. The fourth-order valence-electron chi connectivity index (χ4n) is 3.36. The molecule has 2 N–H and O–H groups in total. The van der Waals surface area contributed by atoms with Crippen LogP contribution >= 0.6 is 0 Å². The van der Waals surface area contributed by atoms with E-state index in [9.17, 15) is 14.4 Å². The van der Waals surface area contributed by atoms with Crippen LogP contribution in [0, 0.1) is 0 Å². The number of benzene rings is 3. The normalized spacial score (nSPS) is 11.2. The molecule has 0 bridgehead atoms. The molecule has 0 aliphatic rings. The van der Waals surface area contributed by atoms with E-state index in [1.807, 2.05) is 44.2 Å². The predicted molar refractivity (Wildman–Crippen MR) is 132 cm³/mol. The van der Waals surface area contributed by atoms with Crippen LogP contribution in [-0.4, -0.2) is 38.1 Å². The fourth-order valence-corrected chi connectivity index (χ4v) is 3.36. The molecule has 1 unspecified atom stereocenters. The first-order valence-electron chi connectivity index (χ1n) is 11.2. The molecule has 2 amide bonds. The molecule has 3 rings (SSSR count). The summed E-state index contributed by atoms with van der Waals surface area (Å²) in [5.74, 6) is -0.716. The molecule has 8 heteroatoms. The Kier molecular flexibility index (Phi) is 8.83. The van der Waals surface area contributed by atoms with E-state index in [2.05, 4.69) is 10.6 Å². The maximum Gasteiger partial charge on any atom is 0.338 e. The van der Waals surface area contributed by atoms with Crippen molar-refractivity contribution in [3.8, 4) is 11.5 Å². The zero-order valence-electron chi connectivity index (χ0n) is 19.9. The number of hydrogen-bond acceptors (Lipinski definition) is 6. The van der Waals surface area contributed by atoms with Crippen LogP contribution in [0.15, 0.2) is 72.8 Å². The maximum absolute atomic E-state index is 12.8. The topological polar surface area (TPSA) is 103 Å². The Balaban J connectivity index is 1.61. The van der Waals surface area contributed by atoms with E-state index in [-0.39, 0.29) is 17.5 Å². The summed E-state index contributed by atoms with van der Waals surface area (Å²) in [6, 6.07) is 20.6. The summed E-state index contributed by atoms with van der Waals surface area (Å²) in [4.78, 5) is 37.7. The maximum atomic E-state index is 12.8. The number of amides is 2. The van der Waals surface area contributed by atoms with E-state index in [1.54, 1.807) is 30.3 Å². The van der Waals surface area contributed by atoms with Gasteiger partial charge in [-0.15, -0.1) is 0 Å². The minimum absolute atomic E-state index is 0.219. The van der Waals surface area contributed by atoms with Gasteiger partial charge in [0.1, 0.15) is 0 Å². The fraction of sp³-hybridized carbons (Fsp3) is 0.222. The van der Waals surface area contributed by atoms with Crippen molar-refractivity contribution in [3.05, 3.63) is 89.5 Å². The Bertz CT molecular complexity index is 1180. The second-order valence-corrected chi connectivity index (χ2v) is 7.57. The van der Waals surface area contributed by atoms with Crippen molar-refractivity contribution in [3.63, 3.8) is 0 Å². The largest absolute Gasteiger partial charge is 0.493 e. The molecule has 0 saturated heterocycles. The summed E-state index contributed by atoms with van der Waals surface area (Å²) in [5, 5.41) is 5.56. The average molecular weight is 477 g/mol. The van der Waals surface area contributed by atoms with Crippen LogP contribution < -0.4 is 20.1 Å². The third-order valence-electron chi connectivity index (χ3n) is 5.13. The molecule has 0 heterocycles. The molecule has 0 fully saturated rings. The van der Waals surface area contributed by atoms with Crippen LogP contribution in [-0.2, 0) is 9.53 Å². The lowest BCUT2D eigenvalue weighted by atomic mass is 10.1. The first-order chi connectivity index (χ1) is 16.9. The number of carbonyl (C=O) groups is 3. The van der Waals surface area contributed by atoms with Gasteiger partial charge < -0.3 is 24.8 Å². The first-order valence-corrected chi connectivity index (χ1v) is 11.2. The first kappa shape index (κ1) is 25.3. The van der Waals surface area contributed by atoms with E-state index >= 15 is 0 Å². The SMILES string of the molecule is CCOc1cc(C(=O)OCC(=O)Nc2ccccc2C(=O)NC(C)c2ccccc2)ccc1OC. The zero-order valence-corrected chi connectivity index (χ0v) is 19.9. The Morgan fingerprint density at radius 2 is 1.63 bits per heavy atom. The quantitative estimate of drug-likeness (QED) is 0.421. The van der Waals surface area contributed by atoms with Gasteiger partial charge in [0.05, 0.1) is 36.6 Å². The van der Waals surface area contributed by atoms with Crippen LogP contribution in [0.4, 0.5) is 5.69 Å². The van der Waals surface area contributed by atoms with Crippen LogP contribution in [0.25, 0.3) is 0 Å². The van der Waals surface area contributed by atoms with Gasteiger partial charge in [-0.3, -0.25) is 9.59 Å². The number of esters is 1. The highest BCUT2D eigenvalue weighted by atomic mass is 16.5. The lowest BCUT2D eigenvalue weighted by Gasteiger charge is -2.16. The second kappa shape index (κ2) is 12.2. The van der Waals surface area contributed by atoms with E-state index in [4.69, 9.17) is 14.2 Å². The molecular weight excluding hydrogens is 448 g/mol. The van der Waals surface area contributed by atoms with Crippen LogP contribution in [0.5, 0.6) is 11.5 Å². The van der Waals surface area contributed by atoms with Crippen molar-refractivity contribution >= 4 is 23.5 Å². The molecule has 35 heavy (non-hydrogen) atoms. The standard InChI is InChI=1S/C27H28N2O6/c1-4-34-24-16-20(14-15-23(24)33-3)27(32)35-17-25(30)29-22-13-9-8-12-21(22)26(31)28-18(2)19-10-6-5-7-11-19/h5-16,18H,4,17H2,1-3H3,(H,28,31)(H,29,30). The Morgan fingerprint density at radius 3 is 2.34 bits per heavy atom. The van der Waals surface area contributed by atoms with Gasteiger partial charge in [0.2, 0.25) is 0 Å². The molecule has 1 atom stereocenters. The molecule has 8 nitrogen and oxygen atoms in total. The van der Waals surface area contributed by atoms with Crippen molar-refractivity contribution in [2.75, 3.05) is 25.6 Å². The third-order valence-corrected chi connectivity index (χ3v) is 5.13. The monoisotopic (exact) mass is 476 g/mol. The highest BCUT2D eigenvalue weighted by Crippen LogP contribution is 2.28. The Hall–Kier alpha value is -4.33. The highest BCUT2D eigenvalue weighted by molar-refractivity contribution is 6.04. The smallest absolute Gasteiger partial charge is 0.338 e. The van der Waals surface area contributed by atoms with Gasteiger partial charge >= 0.3 is 5.97 Å². The average Bonchev–Trinajstić information content (AvgIpc) is 2.88. The van der Waals surface area contributed by atoms with Crippen molar-refractivity contribution < 1.29 is 28.6 Å². The zero-order chi connectivity index (χ0) is 25.2. The second-order valence-electron chi connectivity index (χ2n) is 7.57. The Morgan fingerprint density at radius 1 is 0.914 bits per heavy atom. The van der Waals surface area contributed by atoms with E-state index in [0.29, 0.717) is 29.4 Å². The molecule has 0 spiro atoms. The summed E-state index contributed by atoms with van der Waals surface area (Å²) in [6.07, 6.45) is 0. The number of methoxy groups -OCH3 is 1. The summed E-state index contributed by atoms with van der Waals surface area (Å²) >= 11 is 0. The van der Waals surface area contributed by atoms with E-state index < -0.39 is 18.5 Å². The lowest BCUT2D eigenvalue weighted by Crippen LogP contribution is -2.28. The van der Waals surface area contributed by atoms with Gasteiger partial charge in [0.25, 0.3) is 11.8 Å². The molecule has 0 aliphatic carbocycles.